The molecule has 66 valence electrons. The van der Waals surface area contributed by atoms with Gasteiger partial charge < -0.3 is 25.7 Å². The van der Waals surface area contributed by atoms with Crippen molar-refractivity contribution in [3.63, 3.8) is 0 Å². The second-order valence-corrected chi connectivity index (χ2v) is 2.66. The van der Waals surface area contributed by atoms with Crippen LogP contribution in [0.5, 0.6) is 0 Å². The van der Waals surface area contributed by atoms with Crippen molar-refractivity contribution in [2.24, 2.45) is 0 Å². The molecule has 4 atom stereocenters. The first-order valence-electron chi connectivity index (χ1n) is 3.93. The van der Waals surface area contributed by atoms with E-state index in [9.17, 15) is 5.11 Å². The smallest absolute Gasteiger partial charge is 0.123 e. The van der Waals surface area contributed by atoms with Gasteiger partial charge >= 0.3 is 0 Å². The van der Waals surface area contributed by atoms with Gasteiger partial charge in [0.25, 0.3) is 0 Å². The van der Waals surface area contributed by atoms with E-state index in [-0.39, 0.29) is 6.54 Å². The van der Waals surface area contributed by atoms with Crippen LogP contribution in [-0.4, -0.2) is 57.9 Å². The Labute approximate surface area is 65.7 Å². The van der Waals surface area contributed by atoms with Crippen LogP contribution in [0.15, 0.2) is 0 Å². The molecule has 0 spiro atoms. The van der Waals surface area contributed by atoms with Gasteiger partial charge in [0.15, 0.2) is 0 Å². The largest absolute Gasteiger partial charge is 0.394 e. The van der Waals surface area contributed by atoms with Crippen molar-refractivity contribution in [3.05, 3.63) is 0 Å². The number of nitrogens with one attached hydrogen (secondary N) is 1. The van der Waals surface area contributed by atoms with Crippen LogP contribution in [-0.2, 0) is 0 Å². The number of aliphatic hydroxyl groups excluding tert-OH is 4. The highest BCUT2D eigenvalue weighted by Gasteiger charge is 2.36. The van der Waals surface area contributed by atoms with E-state index in [0.29, 0.717) is 0 Å². The molecule has 1 aliphatic heterocycles. The third-order valence-electron chi connectivity index (χ3n) is 1.83. The molecule has 0 amide bonds. The fourth-order valence-electron chi connectivity index (χ4n) is 1.13. The molecule has 5 N–H and O–H groups in total. The highest BCUT2D eigenvalue weighted by Crippen LogP contribution is 2.10. The maximum absolute atomic E-state index is 9.25. The molecule has 1 aliphatic rings. The van der Waals surface area contributed by atoms with Crippen molar-refractivity contribution in [2.45, 2.75) is 24.4 Å². The van der Waals surface area contributed by atoms with Gasteiger partial charge in [0.05, 0.1) is 31.0 Å². The zero-order valence-electron chi connectivity index (χ0n) is 6.96. The summed E-state index contributed by atoms with van der Waals surface area (Å²) in [7, 11) is 0. The molecule has 0 bridgehead atoms. The summed E-state index contributed by atoms with van der Waals surface area (Å²) in [6.07, 6.45) is -3.37. The highest BCUT2D eigenvalue weighted by atomic mass is 16.3. The predicted molar refractivity (Wildman–Crippen MR) is 36.9 cm³/mol. The molecule has 0 unspecified atom stereocenters. The maximum Gasteiger partial charge on any atom is 0.123 e. The lowest BCUT2D eigenvalue weighted by Crippen LogP contribution is -2.44. The van der Waals surface area contributed by atoms with Crippen molar-refractivity contribution in [3.8, 4) is 0 Å². The summed E-state index contributed by atoms with van der Waals surface area (Å²) in [5, 5.41) is 36.9. The molecule has 0 aromatic heterocycles. The molecule has 1 saturated heterocycles. The minimum absolute atomic E-state index is 0.0110. The second kappa shape index (κ2) is 3.46. The highest BCUT2D eigenvalue weighted by molar-refractivity contribution is 4.94. The van der Waals surface area contributed by atoms with Crippen LogP contribution in [0.25, 0.3) is 0 Å². The summed E-state index contributed by atoms with van der Waals surface area (Å²) in [5.74, 6) is 0. The molecule has 5 nitrogen and oxygen atoms in total. The molecule has 0 aromatic rings. The van der Waals surface area contributed by atoms with Gasteiger partial charge in [0.2, 0.25) is 0 Å². The van der Waals surface area contributed by atoms with Crippen LogP contribution in [0, 0.1) is 0 Å². The first-order valence-corrected chi connectivity index (χ1v) is 3.48. The van der Waals surface area contributed by atoms with E-state index in [0.717, 1.165) is 5.31 Å². The predicted octanol–water partition coefficient (Wildman–Crippen LogP) is -2.97. The summed E-state index contributed by atoms with van der Waals surface area (Å²) in [4.78, 5) is 0. The molecule has 1 heterocycles. The molecular weight excluding hydrogens is 150 g/mol. The molecule has 0 saturated carbocycles. The first kappa shape index (κ1) is 7.45. The summed E-state index contributed by atoms with van der Waals surface area (Å²) in [6, 6.07) is -0.898. The van der Waals surface area contributed by atoms with Crippen molar-refractivity contribution in [1.82, 2.24) is 5.31 Å². The molecule has 1 rings (SSSR count). The lowest BCUT2D eigenvalue weighted by molar-refractivity contribution is -0.00977. The Kier molecular flexibility index (Phi) is 2.35. The van der Waals surface area contributed by atoms with Gasteiger partial charge in [0, 0.05) is 6.54 Å². The van der Waals surface area contributed by atoms with Gasteiger partial charge in [0.1, 0.15) is 1.41 Å². The number of aliphatic hydroxyl groups is 4. The van der Waals surface area contributed by atoms with Crippen LogP contribution in [0.4, 0.5) is 0 Å². The third kappa shape index (κ3) is 1.69. The van der Waals surface area contributed by atoms with Gasteiger partial charge in [-0.3, -0.25) is 0 Å². The summed E-state index contributed by atoms with van der Waals surface area (Å²) < 4.78 is 7.23. The molecule has 1 fully saturated rings. The number of β-amino-alcohol motifs (C(OH)–C–C–N with tert-alkyl or cyclic N) is 1. The van der Waals surface area contributed by atoms with Crippen molar-refractivity contribution >= 4 is 0 Å². The van der Waals surface area contributed by atoms with E-state index in [1.807, 2.05) is 0 Å². The average Bonchev–Trinajstić information content (AvgIpc) is 2.26. The minimum atomic E-state index is -1.19. The SMILES string of the molecule is [2H]N1C[C@@H](O)[C@@H](O)[C@@H]1[C@H](O)CO. The first-order chi connectivity index (χ1) is 5.57. The van der Waals surface area contributed by atoms with Crippen LogP contribution in [0.1, 0.15) is 0 Å². The quantitative estimate of drug-likeness (QED) is 0.300. The summed E-state index contributed by atoms with van der Waals surface area (Å²) >= 11 is 0. The summed E-state index contributed by atoms with van der Waals surface area (Å²) in [5.41, 5.74) is 0. The zero-order valence-corrected chi connectivity index (χ0v) is 5.96. The normalized spacial score (nSPS) is 44.0. The Hall–Kier alpha value is -0.200. The fraction of sp³-hybridized carbons (Fsp3) is 1.00. The van der Waals surface area contributed by atoms with Gasteiger partial charge in [-0.05, 0) is 0 Å². The number of hydrogen-bond donors (Lipinski definition) is 5. The van der Waals surface area contributed by atoms with Crippen LogP contribution in [0.3, 0.4) is 0 Å². The van der Waals surface area contributed by atoms with Crippen molar-refractivity contribution in [2.75, 3.05) is 13.2 Å². The molecule has 0 aromatic carbocycles. The Morgan fingerprint density at radius 1 is 1.64 bits per heavy atom. The van der Waals surface area contributed by atoms with E-state index in [2.05, 4.69) is 0 Å². The van der Waals surface area contributed by atoms with E-state index in [1.165, 1.54) is 0 Å². The average molecular weight is 164 g/mol. The second-order valence-electron chi connectivity index (χ2n) is 2.66. The Bertz CT molecular complexity index is 154. The van der Waals surface area contributed by atoms with Crippen molar-refractivity contribution in [1.29, 1.82) is 0 Å². The minimum Gasteiger partial charge on any atom is -0.394 e. The Morgan fingerprint density at radius 3 is 2.64 bits per heavy atom. The fourth-order valence-corrected chi connectivity index (χ4v) is 1.13. The third-order valence-corrected chi connectivity index (χ3v) is 1.83. The molecule has 11 heavy (non-hydrogen) atoms. The van der Waals surface area contributed by atoms with E-state index < -0.39 is 31.0 Å². The van der Waals surface area contributed by atoms with Gasteiger partial charge in [-0.15, -0.1) is 0 Å². The topological polar surface area (TPSA) is 93.0 Å². The van der Waals surface area contributed by atoms with E-state index in [1.54, 1.807) is 0 Å². The van der Waals surface area contributed by atoms with E-state index in [4.69, 9.17) is 16.7 Å². The molecule has 0 aliphatic carbocycles. The zero-order chi connectivity index (χ0) is 9.30. The maximum atomic E-state index is 9.25. The lowest BCUT2D eigenvalue weighted by atomic mass is 10.1. The van der Waals surface area contributed by atoms with Crippen LogP contribution in [0.2, 0.25) is 1.41 Å². The van der Waals surface area contributed by atoms with Crippen LogP contribution < -0.4 is 5.31 Å². The van der Waals surface area contributed by atoms with Crippen LogP contribution >= 0.6 is 0 Å². The monoisotopic (exact) mass is 164 g/mol. The number of rotatable bonds is 2. The Balaban J connectivity index is 2.62. The summed E-state index contributed by atoms with van der Waals surface area (Å²) in [6.45, 7) is -0.535. The molecule has 5 heteroatoms. The van der Waals surface area contributed by atoms with Gasteiger partial charge in [-0.1, -0.05) is 0 Å². The molecule has 0 radical (unpaired) electrons. The Morgan fingerprint density at radius 2 is 2.27 bits per heavy atom. The lowest BCUT2D eigenvalue weighted by Gasteiger charge is -2.19. The molecular formula is C6H13NO4. The van der Waals surface area contributed by atoms with Gasteiger partial charge in [-0.2, -0.15) is 0 Å². The van der Waals surface area contributed by atoms with Gasteiger partial charge in [-0.25, -0.2) is 0 Å². The standard InChI is InChI=1S/C6H13NO4/c8-2-4(10)5-6(11)3(9)1-7-5/h3-11H,1-2H2/t3-,4-,5+,6-/m1/s1/i/hD. The van der Waals surface area contributed by atoms with E-state index >= 15 is 0 Å². The number of hydrogen-bond acceptors (Lipinski definition) is 5. The van der Waals surface area contributed by atoms with Crippen molar-refractivity contribution < 1.29 is 21.8 Å².